The van der Waals surface area contributed by atoms with Crippen LogP contribution in [0, 0.1) is 20.8 Å². The molecule has 0 unspecified atom stereocenters. The zero-order valence-electron chi connectivity index (χ0n) is 16.4. The summed E-state index contributed by atoms with van der Waals surface area (Å²) in [5.41, 5.74) is 4.22. The Morgan fingerprint density at radius 1 is 0.963 bits per heavy atom. The Morgan fingerprint density at radius 2 is 1.63 bits per heavy atom. The topological polar surface area (TPSA) is 64.6 Å². The molecule has 0 aliphatic rings. The first-order valence-electron chi connectivity index (χ1n) is 9.19. The monoisotopic (exact) mass is 369 g/mol. The molecule has 5 nitrogen and oxygen atoms in total. The van der Waals surface area contributed by atoms with Gasteiger partial charge in [-0.2, -0.15) is 0 Å². The maximum absolute atomic E-state index is 12.2. The van der Waals surface area contributed by atoms with Crippen molar-refractivity contribution in [3.63, 3.8) is 0 Å². The predicted molar refractivity (Wildman–Crippen MR) is 106 cm³/mol. The van der Waals surface area contributed by atoms with E-state index in [-0.39, 0.29) is 18.5 Å². The number of carbonyl (C=O) groups is 2. The molecule has 0 aliphatic carbocycles. The molecule has 144 valence electrons. The van der Waals surface area contributed by atoms with Gasteiger partial charge in [-0.15, -0.1) is 0 Å². The summed E-state index contributed by atoms with van der Waals surface area (Å²) < 4.78 is 10.9. The van der Waals surface area contributed by atoms with Crippen LogP contribution in [0.4, 0.5) is 5.69 Å². The maximum atomic E-state index is 12.2. The Labute approximate surface area is 160 Å². The molecule has 0 aromatic heterocycles. The lowest BCUT2D eigenvalue weighted by molar-refractivity contribution is -0.118. The van der Waals surface area contributed by atoms with Gasteiger partial charge in [0.05, 0.1) is 12.2 Å². The maximum Gasteiger partial charge on any atom is 0.338 e. The molecule has 5 heteroatoms. The van der Waals surface area contributed by atoms with Crippen molar-refractivity contribution in [2.75, 3.05) is 18.5 Å². The van der Waals surface area contributed by atoms with Gasteiger partial charge in [-0.1, -0.05) is 25.5 Å². The number of ether oxygens (including phenoxy) is 2. The molecule has 0 saturated carbocycles. The fraction of sp³-hybridized carbons (Fsp3) is 0.364. The highest BCUT2D eigenvalue weighted by molar-refractivity contribution is 5.93. The molecule has 1 N–H and O–H groups in total. The summed E-state index contributed by atoms with van der Waals surface area (Å²) in [5, 5.41) is 2.77. The van der Waals surface area contributed by atoms with Gasteiger partial charge in [-0.25, -0.2) is 4.79 Å². The fourth-order valence-corrected chi connectivity index (χ4v) is 2.56. The van der Waals surface area contributed by atoms with Gasteiger partial charge in [-0.05, 0) is 68.1 Å². The van der Waals surface area contributed by atoms with Crippen molar-refractivity contribution in [2.24, 2.45) is 0 Å². The third-order valence-corrected chi connectivity index (χ3v) is 4.36. The first-order chi connectivity index (χ1) is 12.9. The average Bonchev–Trinajstić information content (AvgIpc) is 2.65. The van der Waals surface area contributed by atoms with E-state index in [1.165, 1.54) is 0 Å². The third kappa shape index (κ3) is 5.84. The fourth-order valence-electron chi connectivity index (χ4n) is 2.56. The van der Waals surface area contributed by atoms with Crippen LogP contribution in [0.1, 0.15) is 46.8 Å². The van der Waals surface area contributed by atoms with Gasteiger partial charge >= 0.3 is 5.97 Å². The summed E-state index contributed by atoms with van der Waals surface area (Å²) in [6.07, 6.45) is 1.82. The van der Waals surface area contributed by atoms with Crippen LogP contribution in [0.3, 0.4) is 0 Å². The molecule has 0 spiro atoms. The van der Waals surface area contributed by atoms with Crippen molar-refractivity contribution in [2.45, 2.75) is 40.5 Å². The second kappa shape index (κ2) is 9.76. The first kappa shape index (κ1) is 20.5. The summed E-state index contributed by atoms with van der Waals surface area (Å²) in [5.74, 6) is 0.138. The van der Waals surface area contributed by atoms with Crippen molar-refractivity contribution >= 4 is 17.6 Å². The largest absolute Gasteiger partial charge is 0.483 e. The Morgan fingerprint density at radius 3 is 2.30 bits per heavy atom. The minimum absolute atomic E-state index is 0.0774. The lowest BCUT2D eigenvalue weighted by Crippen LogP contribution is -2.20. The predicted octanol–water partition coefficient (Wildman–Crippen LogP) is 4.59. The minimum Gasteiger partial charge on any atom is -0.483 e. The van der Waals surface area contributed by atoms with E-state index >= 15 is 0 Å². The quantitative estimate of drug-likeness (QED) is 0.546. The van der Waals surface area contributed by atoms with E-state index in [2.05, 4.69) is 5.32 Å². The number of hydrogen-bond acceptors (Lipinski definition) is 4. The second-order valence-corrected chi connectivity index (χ2v) is 6.56. The molecule has 2 rings (SSSR count). The van der Waals surface area contributed by atoms with E-state index in [1.54, 1.807) is 24.3 Å². The van der Waals surface area contributed by atoms with Crippen LogP contribution < -0.4 is 10.1 Å². The highest BCUT2D eigenvalue weighted by Gasteiger charge is 2.11. The van der Waals surface area contributed by atoms with Crippen LogP contribution in [-0.4, -0.2) is 25.1 Å². The van der Waals surface area contributed by atoms with Gasteiger partial charge < -0.3 is 14.8 Å². The number of esters is 1. The number of amides is 1. The van der Waals surface area contributed by atoms with Gasteiger partial charge in [-0.3, -0.25) is 4.79 Å². The molecular formula is C22H27NO4. The number of aryl methyl sites for hydroxylation is 2. The molecule has 2 aromatic carbocycles. The van der Waals surface area contributed by atoms with E-state index in [4.69, 9.17) is 9.47 Å². The van der Waals surface area contributed by atoms with Crippen molar-refractivity contribution in [3.8, 4) is 5.75 Å². The lowest BCUT2D eigenvalue weighted by Gasteiger charge is -2.14. The van der Waals surface area contributed by atoms with Crippen LogP contribution >= 0.6 is 0 Å². The zero-order valence-corrected chi connectivity index (χ0v) is 16.4. The standard InChI is InChI=1S/C22H27NO4/c1-5-6-13-26-22(25)18-9-11-19(12-10-18)23-20(24)14-27-21-16(3)8-7-15(2)17(21)4/h7-12H,5-6,13-14H2,1-4H3,(H,23,24). The molecule has 0 heterocycles. The summed E-state index contributed by atoms with van der Waals surface area (Å²) in [6.45, 7) is 8.33. The van der Waals surface area contributed by atoms with E-state index in [9.17, 15) is 9.59 Å². The highest BCUT2D eigenvalue weighted by atomic mass is 16.5. The summed E-state index contributed by atoms with van der Waals surface area (Å²) in [4.78, 5) is 24.0. The Hall–Kier alpha value is -2.82. The molecule has 0 atom stereocenters. The van der Waals surface area contributed by atoms with Crippen LogP contribution in [-0.2, 0) is 9.53 Å². The van der Waals surface area contributed by atoms with Gasteiger partial charge in [0.2, 0.25) is 0 Å². The molecule has 27 heavy (non-hydrogen) atoms. The Balaban J connectivity index is 1.89. The zero-order chi connectivity index (χ0) is 19.8. The van der Waals surface area contributed by atoms with Crippen LogP contribution in [0.5, 0.6) is 5.75 Å². The normalized spacial score (nSPS) is 10.4. The average molecular weight is 369 g/mol. The van der Waals surface area contributed by atoms with Gasteiger partial charge in [0.25, 0.3) is 5.91 Å². The van der Waals surface area contributed by atoms with Crippen LogP contribution in [0.25, 0.3) is 0 Å². The van der Waals surface area contributed by atoms with Crippen molar-refractivity contribution in [1.29, 1.82) is 0 Å². The number of rotatable bonds is 8. The van der Waals surface area contributed by atoms with E-state index in [0.29, 0.717) is 17.9 Å². The second-order valence-electron chi connectivity index (χ2n) is 6.56. The minimum atomic E-state index is -0.352. The van der Waals surface area contributed by atoms with Crippen LogP contribution in [0.2, 0.25) is 0 Å². The summed E-state index contributed by atoms with van der Waals surface area (Å²) in [7, 11) is 0. The summed E-state index contributed by atoms with van der Waals surface area (Å²) in [6, 6.07) is 10.6. The molecule has 0 bridgehead atoms. The number of carbonyl (C=O) groups excluding carboxylic acids is 2. The molecule has 0 saturated heterocycles. The molecule has 0 aliphatic heterocycles. The molecular weight excluding hydrogens is 342 g/mol. The van der Waals surface area contributed by atoms with Gasteiger partial charge in [0.15, 0.2) is 6.61 Å². The smallest absolute Gasteiger partial charge is 0.338 e. The molecule has 1 amide bonds. The van der Waals surface area contributed by atoms with Crippen molar-refractivity contribution < 1.29 is 19.1 Å². The van der Waals surface area contributed by atoms with Gasteiger partial charge in [0.1, 0.15) is 5.75 Å². The lowest BCUT2D eigenvalue weighted by atomic mass is 10.1. The number of benzene rings is 2. The highest BCUT2D eigenvalue weighted by Crippen LogP contribution is 2.25. The van der Waals surface area contributed by atoms with Crippen LogP contribution in [0.15, 0.2) is 36.4 Å². The molecule has 0 radical (unpaired) electrons. The van der Waals surface area contributed by atoms with E-state index in [1.807, 2.05) is 39.8 Å². The molecule has 2 aromatic rings. The number of hydrogen-bond donors (Lipinski definition) is 1. The van der Waals surface area contributed by atoms with Crippen molar-refractivity contribution in [1.82, 2.24) is 0 Å². The van der Waals surface area contributed by atoms with Gasteiger partial charge in [0, 0.05) is 5.69 Å². The number of unbranched alkanes of at least 4 members (excludes halogenated alkanes) is 1. The Kier molecular flexibility index (Phi) is 7.41. The van der Waals surface area contributed by atoms with Crippen molar-refractivity contribution in [3.05, 3.63) is 58.7 Å². The number of nitrogens with one attached hydrogen (secondary N) is 1. The Bertz CT molecular complexity index is 797. The number of anilines is 1. The first-order valence-corrected chi connectivity index (χ1v) is 9.19. The summed E-state index contributed by atoms with van der Waals surface area (Å²) >= 11 is 0. The molecule has 0 fully saturated rings. The third-order valence-electron chi connectivity index (χ3n) is 4.36. The SMILES string of the molecule is CCCCOC(=O)c1ccc(NC(=O)COc2c(C)ccc(C)c2C)cc1. The van der Waals surface area contributed by atoms with E-state index in [0.717, 1.165) is 35.3 Å². The van der Waals surface area contributed by atoms with E-state index < -0.39 is 0 Å².